The number of carbonyl (C=O) groups is 1. The Morgan fingerprint density at radius 2 is 1.64 bits per heavy atom. The number of nitrogens with one attached hydrogen (secondary N) is 1. The van der Waals surface area contributed by atoms with E-state index in [2.05, 4.69) is 21.6 Å². The molecule has 1 atom stereocenters. The average molecular weight is 459 g/mol. The molecule has 1 heterocycles. The maximum atomic E-state index is 13.4. The first kappa shape index (κ1) is 22.6. The highest BCUT2D eigenvalue weighted by molar-refractivity contribution is 8.00. The fraction of sp³-hybridized carbons (Fsp3) is 0.192. The van der Waals surface area contributed by atoms with Crippen molar-refractivity contribution in [2.24, 2.45) is 7.05 Å². The first-order chi connectivity index (χ1) is 15.9. The molecule has 0 aliphatic rings. The van der Waals surface area contributed by atoms with Gasteiger partial charge in [-0.05, 0) is 66.9 Å². The molecule has 0 spiro atoms. The molecule has 6 nitrogen and oxygen atoms in total. The summed E-state index contributed by atoms with van der Waals surface area (Å²) in [6, 6.07) is 23.4. The Morgan fingerprint density at radius 1 is 0.970 bits per heavy atom. The van der Waals surface area contributed by atoms with Crippen molar-refractivity contribution in [2.75, 3.05) is 12.4 Å². The number of hydrogen-bond donors (Lipinski definition) is 1. The molecular weight excluding hydrogens is 432 g/mol. The second-order valence-electron chi connectivity index (χ2n) is 7.87. The van der Waals surface area contributed by atoms with Crippen LogP contribution in [0, 0.1) is 13.8 Å². The maximum absolute atomic E-state index is 13.4. The van der Waals surface area contributed by atoms with Gasteiger partial charge in [-0.2, -0.15) is 0 Å². The third-order valence-electron chi connectivity index (χ3n) is 5.24. The van der Waals surface area contributed by atoms with E-state index in [1.54, 1.807) is 7.11 Å². The van der Waals surface area contributed by atoms with Crippen LogP contribution in [0.4, 0.5) is 5.69 Å². The lowest BCUT2D eigenvalue weighted by Crippen LogP contribution is -2.19. The fourth-order valence-corrected chi connectivity index (χ4v) is 4.67. The molecule has 4 rings (SSSR count). The van der Waals surface area contributed by atoms with Crippen LogP contribution >= 0.6 is 11.8 Å². The van der Waals surface area contributed by atoms with Crippen molar-refractivity contribution in [2.45, 2.75) is 24.3 Å². The van der Waals surface area contributed by atoms with Crippen molar-refractivity contribution in [3.8, 4) is 17.1 Å². The van der Waals surface area contributed by atoms with Gasteiger partial charge in [0.25, 0.3) is 0 Å². The van der Waals surface area contributed by atoms with Crippen LogP contribution in [-0.4, -0.2) is 27.8 Å². The van der Waals surface area contributed by atoms with Gasteiger partial charge in [-0.25, -0.2) is 0 Å². The summed E-state index contributed by atoms with van der Waals surface area (Å²) in [5.41, 5.74) is 4.82. The number of aryl methyl sites for hydroxylation is 2. The van der Waals surface area contributed by atoms with Crippen molar-refractivity contribution in [3.05, 3.63) is 89.5 Å². The van der Waals surface area contributed by atoms with E-state index in [0.29, 0.717) is 5.16 Å². The van der Waals surface area contributed by atoms with Gasteiger partial charge in [0.2, 0.25) is 5.91 Å². The van der Waals surface area contributed by atoms with E-state index in [9.17, 15) is 4.79 Å². The zero-order valence-corrected chi connectivity index (χ0v) is 19.9. The van der Waals surface area contributed by atoms with E-state index in [4.69, 9.17) is 4.74 Å². The monoisotopic (exact) mass is 458 g/mol. The van der Waals surface area contributed by atoms with E-state index in [1.165, 1.54) is 11.8 Å². The molecule has 1 N–H and O–H groups in total. The number of rotatable bonds is 7. The number of anilines is 1. The minimum absolute atomic E-state index is 0.106. The fourth-order valence-electron chi connectivity index (χ4n) is 3.67. The van der Waals surface area contributed by atoms with E-state index in [-0.39, 0.29) is 5.91 Å². The topological polar surface area (TPSA) is 69.0 Å². The summed E-state index contributed by atoms with van der Waals surface area (Å²) in [6.07, 6.45) is 0. The third kappa shape index (κ3) is 5.26. The largest absolute Gasteiger partial charge is 0.497 e. The average Bonchev–Trinajstić information content (AvgIpc) is 3.17. The predicted molar refractivity (Wildman–Crippen MR) is 133 cm³/mol. The Hall–Kier alpha value is -3.58. The number of benzene rings is 3. The lowest BCUT2D eigenvalue weighted by Gasteiger charge is -2.17. The Morgan fingerprint density at radius 3 is 2.27 bits per heavy atom. The maximum Gasteiger partial charge on any atom is 0.242 e. The Bertz CT molecular complexity index is 1230. The number of carbonyl (C=O) groups excluding carboxylic acids is 1. The molecule has 0 fully saturated rings. The smallest absolute Gasteiger partial charge is 0.242 e. The normalized spacial score (nSPS) is 11.8. The summed E-state index contributed by atoms with van der Waals surface area (Å²) in [7, 11) is 3.55. The molecule has 0 aliphatic heterocycles. The molecule has 0 bridgehead atoms. The van der Waals surface area contributed by atoms with Gasteiger partial charge in [-0.15, -0.1) is 10.2 Å². The van der Waals surface area contributed by atoms with Crippen LogP contribution in [0.5, 0.6) is 5.75 Å². The van der Waals surface area contributed by atoms with Gasteiger partial charge in [0, 0.05) is 18.3 Å². The van der Waals surface area contributed by atoms with Crippen molar-refractivity contribution < 1.29 is 9.53 Å². The molecule has 0 saturated heterocycles. The summed E-state index contributed by atoms with van der Waals surface area (Å²) in [5, 5.41) is 12.0. The van der Waals surface area contributed by atoms with Gasteiger partial charge in [0.15, 0.2) is 11.0 Å². The zero-order chi connectivity index (χ0) is 23.4. The standard InChI is InChI=1S/C26H26N4O2S/c1-17-14-18(2)16-21(15-17)27-25(31)23(19-8-6-5-7-9-19)33-26-29-28-24(30(26)3)20-10-12-22(32-4)13-11-20/h5-16,23H,1-4H3,(H,27,31). The van der Waals surface area contributed by atoms with Crippen molar-refractivity contribution >= 4 is 23.4 Å². The van der Waals surface area contributed by atoms with E-state index in [0.717, 1.165) is 39.5 Å². The summed E-state index contributed by atoms with van der Waals surface area (Å²) in [5.74, 6) is 1.40. The third-order valence-corrected chi connectivity index (χ3v) is 6.52. The Kier molecular flexibility index (Phi) is 6.79. The van der Waals surface area contributed by atoms with Gasteiger partial charge < -0.3 is 14.6 Å². The number of ether oxygens (including phenoxy) is 1. The second kappa shape index (κ2) is 9.92. The first-order valence-corrected chi connectivity index (χ1v) is 11.5. The summed E-state index contributed by atoms with van der Waals surface area (Å²) < 4.78 is 7.15. The van der Waals surface area contributed by atoms with E-state index >= 15 is 0 Å². The number of hydrogen-bond acceptors (Lipinski definition) is 5. The molecule has 1 unspecified atom stereocenters. The molecule has 3 aromatic carbocycles. The highest BCUT2D eigenvalue weighted by Gasteiger charge is 2.25. The summed E-state index contributed by atoms with van der Waals surface area (Å²) in [4.78, 5) is 13.4. The highest BCUT2D eigenvalue weighted by Crippen LogP contribution is 2.36. The minimum atomic E-state index is -0.487. The zero-order valence-electron chi connectivity index (χ0n) is 19.1. The lowest BCUT2D eigenvalue weighted by atomic mass is 10.1. The molecule has 168 valence electrons. The minimum Gasteiger partial charge on any atom is -0.497 e. The van der Waals surface area contributed by atoms with Crippen molar-refractivity contribution in [1.29, 1.82) is 0 Å². The highest BCUT2D eigenvalue weighted by atomic mass is 32.2. The Balaban J connectivity index is 1.62. The molecule has 1 amide bonds. The first-order valence-electron chi connectivity index (χ1n) is 10.6. The van der Waals surface area contributed by atoms with Crippen molar-refractivity contribution in [3.63, 3.8) is 0 Å². The van der Waals surface area contributed by atoms with Gasteiger partial charge in [0.05, 0.1) is 7.11 Å². The van der Waals surface area contributed by atoms with Gasteiger partial charge in [-0.1, -0.05) is 48.2 Å². The van der Waals surface area contributed by atoms with E-state index in [1.807, 2.05) is 92.2 Å². The Labute approximate surface area is 198 Å². The van der Waals surface area contributed by atoms with Gasteiger partial charge in [-0.3, -0.25) is 4.79 Å². The molecule has 1 aromatic heterocycles. The van der Waals surface area contributed by atoms with Crippen LogP contribution in [0.15, 0.2) is 78.0 Å². The number of amides is 1. The molecule has 7 heteroatoms. The van der Waals surface area contributed by atoms with Gasteiger partial charge >= 0.3 is 0 Å². The lowest BCUT2D eigenvalue weighted by molar-refractivity contribution is -0.115. The number of methoxy groups -OCH3 is 1. The predicted octanol–water partition coefficient (Wildman–Crippen LogP) is 5.58. The van der Waals surface area contributed by atoms with Crippen LogP contribution in [0.3, 0.4) is 0 Å². The quantitative estimate of drug-likeness (QED) is 0.366. The molecule has 33 heavy (non-hydrogen) atoms. The summed E-state index contributed by atoms with van der Waals surface area (Å²) >= 11 is 1.38. The van der Waals surface area contributed by atoms with Crippen LogP contribution in [-0.2, 0) is 11.8 Å². The number of thioether (sulfide) groups is 1. The number of aromatic nitrogens is 3. The van der Waals surface area contributed by atoms with Crippen LogP contribution in [0.2, 0.25) is 0 Å². The molecule has 0 radical (unpaired) electrons. The van der Waals surface area contributed by atoms with Crippen molar-refractivity contribution in [1.82, 2.24) is 14.8 Å². The second-order valence-corrected chi connectivity index (χ2v) is 8.94. The van der Waals surface area contributed by atoms with E-state index < -0.39 is 5.25 Å². The summed E-state index contributed by atoms with van der Waals surface area (Å²) in [6.45, 7) is 4.04. The SMILES string of the molecule is COc1ccc(-c2nnc(SC(C(=O)Nc3cc(C)cc(C)c3)c3ccccc3)n2C)cc1. The van der Waals surface area contributed by atoms with Crippen LogP contribution in [0.1, 0.15) is 21.9 Å². The molecular formula is C26H26N4O2S. The van der Waals surface area contributed by atoms with Gasteiger partial charge in [0.1, 0.15) is 11.0 Å². The molecule has 0 aliphatic carbocycles. The molecule has 4 aromatic rings. The number of nitrogens with zero attached hydrogens (tertiary/aromatic N) is 3. The van der Waals surface area contributed by atoms with Crippen LogP contribution < -0.4 is 10.1 Å². The molecule has 0 saturated carbocycles. The van der Waals surface area contributed by atoms with Crippen LogP contribution in [0.25, 0.3) is 11.4 Å².